The largest absolute Gasteiger partial charge is 0.497 e. The van der Waals surface area contributed by atoms with Crippen molar-refractivity contribution in [3.63, 3.8) is 0 Å². The zero-order valence-corrected chi connectivity index (χ0v) is 16.2. The fourth-order valence-corrected chi connectivity index (χ4v) is 3.42. The van der Waals surface area contributed by atoms with Gasteiger partial charge in [-0.05, 0) is 30.3 Å². The van der Waals surface area contributed by atoms with Crippen molar-refractivity contribution < 1.29 is 13.9 Å². The lowest BCUT2D eigenvalue weighted by Gasteiger charge is -2.35. The van der Waals surface area contributed by atoms with Crippen molar-refractivity contribution in [1.82, 2.24) is 15.1 Å². The van der Waals surface area contributed by atoms with Crippen molar-refractivity contribution in [2.45, 2.75) is 6.54 Å². The molecule has 1 fully saturated rings. The first-order chi connectivity index (χ1) is 13.8. The molecule has 0 unspecified atom stereocenters. The predicted octanol–water partition coefficient (Wildman–Crippen LogP) is 3.08. The van der Waals surface area contributed by atoms with Crippen molar-refractivity contribution >= 4 is 5.69 Å². The lowest BCUT2D eigenvalue weighted by Crippen LogP contribution is -2.46. The number of benzene rings is 2. The summed E-state index contributed by atoms with van der Waals surface area (Å²) < 4.78 is 16.6. The topological polar surface area (TPSA) is 63.9 Å². The van der Waals surface area contributed by atoms with Gasteiger partial charge in [0.25, 0.3) is 0 Å². The number of anilines is 1. The summed E-state index contributed by atoms with van der Waals surface area (Å²) >= 11 is 0. The van der Waals surface area contributed by atoms with E-state index < -0.39 is 0 Å². The average molecular weight is 380 g/mol. The number of piperazine rings is 1. The summed E-state index contributed by atoms with van der Waals surface area (Å²) in [7, 11) is 3.35. The maximum absolute atomic E-state index is 5.87. The Morgan fingerprint density at radius 1 is 0.929 bits per heavy atom. The average Bonchev–Trinajstić information content (AvgIpc) is 3.23. The Morgan fingerprint density at radius 3 is 2.54 bits per heavy atom. The van der Waals surface area contributed by atoms with Crippen LogP contribution in [-0.2, 0) is 6.54 Å². The van der Waals surface area contributed by atoms with Crippen LogP contribution in [0.5, 0.6) is 11.5 Å². The van der Waals surface area contributed by atoms with Crippen LogP contribution in [0.1, 0.15) is 5.89 Å². The Balaban J connectivity index is 1.37. The molecular weight excluding hydrogens is 356 g/mol. The standard InChI is InChI=1S/C21H24N4O3/c1-26-17-7-5-6-16(14-17)21-23-22-20(28-21)15-24-10-12-25(13-11-24)18-8-3-4-9-19(18)27-2/h3-9,14H,10-13,15H2,1-2H3. The zero-order valence-electron chi connectivity index (χ0n) is 16.2. The van der Waals surface area contributed by atoms with Gasteiger partial charge in [0.1, 0.15) is 11.5 Å². The Bertz CT molecular complexity index is 919. The van der Waals surface area contributed by atoms with Crippen molar-refractivity contribution in [2.24, 2.45) is 0 Å². The van der Waals surface area contributed by atoms with Crippen LogP contribution < -0.4 is 14.4 Å². The Labute approximate surface area is 164 Å². The molecule has 1 aromatic heterocycles. The maximum Gasteiger partial charge on any atom is 0.247 e. The van der Waals surface area contributed by atoms with Crippen LogP contribution in [0.2, 0.25) is 0 Å². The van der Waals surface area contributed by atoms with E-state index in [9.17, 15) is 0 Å². The van der Waals surface area contributed by atoms with E-state index in [-0.39, 0.29) is 0 Å². The Kier molecular flexibility index (Phi) is 5.43. The number of ether oxygens (including phenoxy) is 2. The second kappa shape index (κ2) is 8.31. The molecule has 0 aliphatic carbocycles. The van der Waals surface area contributed by atoms with E-state index in [1.54, 1.807) is 14.2 Å². The molecule has 4 rings (SSSR count). The smallest absolute Gasteiger partial charge is 0.247 e. The molecule has 0 spiro atoms. The minimum atomic E-state index is 0.515. The summed E-state index contributed by atoms with van der Waals surface area (Å²) in [5.41, 5.74) is 2.00. The van der Waals surface area contributed by atoms with Crippen molar-refractivity contribution in [2.75, 3.05) is 45.3 Å². The van der Waals surface area contributed by atoms with E-state index in [1.165, 1.54) is 0 Å². The van der Waals surface area contributed by atoms with Crippen molar-refractivity contribution in [3.05, 3.63) is 54.4 Å². The summed E-state index contributed by atoms with van der Waals surface area (Å²) in [4.78, 5) is 4.68. The third-order valence-corrected chi connectivity index (χ3v) is 4.94. The number of hydrogen-bond donors (Lipinski definition) is 0. The molecule has 0 bridgehead atoms. The second-order valence-corrected chi connectivity index (χ2v) is 6.67. The van der Waals surface area contributed by atoms with Crippen LogP contribution in [0.3, 0.4) is 0 Å². The Hall–Kier alpha value is -3.06. The highest BCUT2D eigenvalue weighted by Crippen LogP contribution is 2.28. The van der Waals surface area contributed by atoms with Gasteiger partial charge in [-0.3, -0.25) is 4.90 Å². The lowest BCUT2D eigenvalue weighted by atomic mass is 10.2. The van der Waals surface area contributed by atoms with Crippen molar-refractivity contribution in [1.29, 1.82) is 0 Å². The predicted molar refractivity (Wildman–Crippen MR) is 107 cm³/mol. The summed E-state index contributed by atoms with van der Waals surface area (Å²) in [6.45, 7) is 4.36. The number of nitrogens with zero attached hydrogens (tertiary/aromatic N) is 4. The Morgan fingerprint density at radius 2 is 1.75 bits per heavy atom. The zero-order chi connectivity index (χ0) is 19.3. The number of aromatic nitrogens is 2. The van der Waals surface area contributed by atoms with E-state index in [0.717, 1.165) is 48.9 Å². The molecule has 0 amide bonds. The highest BCUT2D eigenvalue weighted by atomic mass is 16.5. The van der Waals surface area contributed by atoms with Gasteiger partial charge in [0.2, 0.25) is 11.8 Å². The molecule has 3 aromatic rings. The van der Waals surface area contributed by atoms with E-state index in [0.29, 0.717) is 18.3 Å². The normalized spacial score (nSPS) is 14.9. The molecule has 0 radical (unpaired) electrons. The monoisotopic (exact) mass is 380 g/mol. The molecule has 0 saturated carbocycles. The van der Waals surface area contributed by atoms with E-state index in [2.05, 4.69) is 26.1 Å². The lowest BCUT2D eigenvalue weighted by molar-refractivity contribution is 0.226. The van der Waals surface area contributed by atoms with Gasteiger partial charge in [-0.1, -0.05) is 18.2 Å². The highest BCUT2D eigenvalue weighted by Gasteiger charge is 2.21. The van der Waals surface area contributed by atoms with Crippen LogP contribution in [0, 0.1) is 0 Å². The van der Waals surface area contributed by atoms with Gasteiger partial charge in [-0.25, -0.2) is 0 Å². The molecule has 2 aromatic carbocycles. The van der Waals surface area contributed by atoms with E-state index in [4.69, 9.17) is 13.9 Å². The fourth-order valence-electron chi connectivity index (χ4n) is 3.42. The van der Waals surface area contributed by atoms with Gasteiger partial charge in [0.05, 0.1) is 26.5 Å². The SMILES string of the molecule is COc1cccc(-c2nnc(CN3CCN(c4ccccc4OC)CC3)o2)c1. The van der Waals surface area contributed by atoms with Gasteiger partial charge in [0, 0.05) is 31.7 Å². The quantitative estimate of drug-likeness (QED) is 0.651. The number of rotatable bonds is 6. The first-order valence-corrected chi connectivity index (χ1v) is 9.34. The minimum Gasteiger partial charge on any atom is -0.497 e. The van der Waals surface area contributed by atoms with Gasteiger partial charge < -0.3 is 18.8 Å². The molecule has 1 aliphatic heterocycles. The van der Waals surface area contributed by atoms with Gasteiger partial charge in [0.15, 0.2) is 0 Å². The van der Waals surface area contributed by atoms with Crippen LogP contribution in [0.15, 0.2) is 52.9 Å². The summed E-state index contributed by atoms with van der Waals surface area (Å²) in [5, 5.41) is 8.40. The summed E-state index contributed by atoms with van der Waals surface area (Å²) in [5.74, 6) is 2.82. The van der Waals surface area contributed by atoms with Crippen LogP contribution in [0.25, 0.3) is 11.5 Å². The molecule has 28 heavy (non-hydrogen) atoms. The molecule has 1 aliphatic rings. The molecule has 7 nitrogen and oxygen atoms in total. The third-order valence-electron chi connectivity index (χ3n) is 4.94. The first-order valence-electron chi connectivity index (χ1n) is 9.34. The molecule has 2 heterocycles. The first kappa shape index (κ1) is 18.3. The minimum absolute atomic E-state index is 0.515. The molecular formula is C21H24N4O3. The van der Waals surface area contributed by atoms with Crippen LogP contribution in [0.4, 0.5) is 5.69 Å². The fraction of sp³-hybridized carbons (Fsp3) is 0.333. The number of methoxy groups -OCH3 is 2. The molecule has 1 saturated heterocycles. The van der Waals surface area contributed by atoms with Gasteiger partial charge in [-0.2, -0.15) is 0 Å². The number of hydrogen-bond acceptors (Lipinski definition) is 7. The second-order valence-electron chi connectivity index (χ2n) is 6.67. The van der Waals surface area contributed by atoms with Gasteiger partial charge >= 0.3 is 0 Å². The molecule has 7 heteroatoms. The van der Waals surface area contributed by atoms with Crippen LogP contribution in [-0.4, -0.2) is 55.5 Å². The summed E-state index contributed by atoms with van der Waals surface area (Å²) in [6.07, 6.45) is 0. The molecule has 0 N–H and O–H groups in total. The highest BCUT2D eigenvalue weighted by molar-refractivity contribution is 5.58. The molecule has 146 valence electrons. The van der Waals surface area contributed by atoms with E-state index >= 15 is 0 Å². The summed E-state index contributed by atoms with van der Waals surface area (Å²) in [6, 6.07) is 15.8. The van der Waals surface area contributed by atoms with Crippen LogP contribution >= 0.6 is 0 Å². The number of para-hydroxylation sites is 2. The molecule has 0 atom stereocenters. The third kappa shape index (κ3) is 3.94. The maximum atomic E-state index is 5.87. The van der Waals surface area contributed by atoms with Crippen molar-refractivity contribution in [3.8, 4) is 23.0 Å². The van der Waals surface area contributed by atoms with E-state index in [1.807, 2.05) is 42.5 Å². The van der Waals surface area contributed by atoms with Gasteiger partial charge in [-0.15, -0.1) is 10.2 Å².